The number of aliphatic hydroxyl groups excluding tert-OH is 1. The van der Waals surface area contributed by atoms with Gasteiger partial charge in [-0.1, -0.05) is 18.7 Å². The van der Waals surface area contributed by atoms with Gasteiger partial charge in [0.25, 0.3) is 0 Å². The highest BCUT2D eigenvalue weighted by molar-refractivity contribution is 7.87. The Balaban J connectivity index is 2.43. The summed E-state index contributed by atoms with van der Waals surface area (Å²) in [5.41, 5.74) is 0.857. The molecule has 3 nitrogen and oxygen atoms in total. The van der Waals surface area contributed by atoms with Gasteiger partial charge in [0.05, 0.1) is 13.2 Å². The summed E-state index contributed by atoms with van der Waals surface area (Å²) in [5, 5.41) is 11.3. The van der Waals surface area contributed by atoms with Crippen LogP contribution in [0.2, 0.25) is 0 Å². The second kappa shape index (κ2) is 7.25. The lowest BCUT2D eigenvalue weighted by atomic mass is 10.1. The van der Waals surface area contributed by atoms with Gasteiger partial charge in [-0.2, -0.15) is 0 Å². The van der Waals surface area contributed by atoms with E-state index in [0.29, 0.717) is 18.6 Å². The molecule has 0 saturated carbocycles. The van der Waals surface area contributed by atoms with Crippen molar-refractivity contribution < 1.29 is 14.1 Å². The molecule has 0 amide bonds. The zero-order valence-electron chi connectivity index (χ0n) is 9.96. The molecule has 0 heterocycles. The average molecular weight is 254 g/mol. The average Bonchev–Trinajstić information content (AvgIpc) is 2.38. The number of methoxy groups -OCH3 is 1. The van der Waals surface area contributed by atoms with Gasteiger partial charge in [-0.05, 0) is 35.9 Å². The highest BCUT2D eigenvalue weighted by atomic mass is 32.2. The molecule has 0 radical (unpaired) electrons. The van der Waals surface area contributed by atoms with Gasteiger partial charge in [0.2, 0.25) is 0 Å². The van der Waals surface area contributed by atoms with Crippen molar-refractivity contribution in [2.24, 2.45) is 0 Å². The van der Waals surface area contributed by atoms with Crippen LogP contribution in [-0.4, -0.2) is 22.2 Å². The van der Waals surface area contributed by atoms with E-state index >= 15 is 0 Å². The highest BCUT2D eigenvalue weighted by Gasteiger charge is 2.07. The first-order valence-corrected chi connectivity index (χ1v) is 6.87. The van der Waals surface area contributed by atoms with Gasteiger partial charge in [-0.25, -0.2) is 0 Å². The Morgan fingerprint density at radius 1 is 1.47 bits per heavy atom. The molecule has 0 fully saturated rings. The van der Waals surface area contributed by atoms with Gasteiger partial charge >= 0.3 is 0 Å². The Labute approximate surface area is 105 Å². The van der Waals surface area contributed by atoms with Gasteiger partial charge in [-0.15, -0.1) is 0 Å². The molecular formula is C13H18O3S. The Bertz CT molecular complexity index is 373. The lowest BCUT2D eigenvalue weighted by Crippen LogP contribution is -2.01. The lowest BCUT2D eigenvalue weighted by molar-refractivity contribution is 0.166. The smallest absolute Gasteiger partial charge is 0.118 e. The third-order valence-electron chi connectivity index (χ3n) is 2.51. The molecule has 0 bridgehead atoms. The predicted molar refractivity (Wildman–Crippen MR) is 70.4 cm³/mol. The zero-order chi connectivity index (χ0) is 12.7. The van der Waals surface area contributed by atoms with Gasteiger partial charge < -0.3 is 9.84 Å². The van der Waals surface area contributed by atoms with E-state index in [4.69, 9.17) is 4.74 Å². The molecule has 2 unspecified atom stereocenters. The number of aliphatic hydroxyl groups is 1. The van der Waals surface area contributed by atoms with E-state index in [-0.39, 0.29) is 0 Å². The quantitative estimate of drug-likeness (QED) is 0.812. The normalized spacial score (nSPS) is 14.0. The summed E-state index contributed by atoms with van der Waals surface area (Å²) in [5.74, 6) is 1.32. The molecule has 1 N–H and O–H groups in total. The summed E-state index contributed by atoms with van der Waals surface area (Å²) in [7, 11) is 0.635. The van der Waals surface area contributed by atoms with Crippen LogP contribution in [0.25, 0.3) is 0 Å². The molecule has 2 atom stereocenters. The van der Waals surface area contributed by atoms with Crippen LogP contribution in [0.15, 0.2) is 36.3 Å². The number of benzene rings is 1. The summed E-state index contributed by atoms with van der Waals surface area (Å²) in [6, 6.07) is 7.32. The largest absolute Gasteiger partial charge is 0.497 e. The molecule has 94 valence electrons. The lowest BCUT2D eigenvalue weighted by Gasteiger charge is -2.10. The molecule has 0 aliphatic carbocycles. The Morgan fingerprint density at radius 2 is 2.12 bits per heavy atom. The third-order valence-corrected chi connectivity index (χ3v) is 3.57. The van der Waals surface area contributed by atoms with Crippen LogP contribution in [0.4, 0.5) is 0 Å². The maximum absolute atomic E-state index is 11.1. The van der Waals surface area contributed by atoms with Crippen LogP contribution in [0.5, 0.6) is 5.75 Å². The molecular weight excluding hydrogens is 236 g/mol. The summed E-state index contributed by atoms with van der Waals surface area (Å²) in [6.45, 7) is 3.46. The van der Waals surface area contributed by atoms with Crippen LogP contribution in [0.1, 0.15) is 24.5 Å². The van der Waals surface area contributed by atoms with Crippen molar-refractivity contribution in [2.45, 2.75) is 18.9 Å². The standard InChI is InChI=1S/C13H18O3S/c1-3-17(15)10-4-5-13(14)11-6-8-12(16-2)9-7-11/h3,6-9,13-14H,1,4-5,10H2,2H3. The molecule has 0 saturated heterocycles. The topological polar surface area (TPSA) is 46.5 Å². The van der Waals surface area contributed by atoms with Crippen LogP contribution in [0.3, 0.4) is 0 Å². The first-order chi connectivity index (χ1) is 8.17. The SMILES string of the molecule is C=CS(=O)CCCC(O)c1ccc(OC)cc1. The number of hydrogen-bond donors (Lipinski definition) is 1. The van der Waals surface area contributed by atoms with Crippen molar-refractivity contribution in [3.8, 4) is 5.75 Å². The van der Waals surface area contributed by atoms with Crippen molar-refractivity contribution in [2.75, 3.05) is 12.9 Å². The minimum Gasteiger partial charge on any atom is -0.497 e. The molecule has 17 heavy (non-hydrogen) atoms. The molecule has 1 aromatic rings. The third kappa shape index (κ3) is 4.71. The van der Waals surface area contributed by atoms with E-state index in [1.165, 1.54) is 5.41 Å². The summed E-state index contributed by atoms with van der Waals surface area (Å²) < 4.78 is 16.2. The van der Waals surface area contributed by atoms with Crippen molar-refractivity contribution in [1.29, 1.82) is 0 Å². The van der Waals surface area contributed by atoms with Crippen molar-refractivity contribution in [3.05, 3.63) is 41.8 Å². The minimum atomic E-state index is -0.972. The van der Waals surface area contributed by atoms with E-state index < -0.39 is 16.9 Å². The molecule has 0 aliphatic rings. The molecule has 1 rings (SSSR count). The maximum Gasteiger partial charge on any atom is 0.118 e. The number of rotatable bonds is 7. The van der Waals surface area contributed by atoms with Crippen LogP contribution < -0.4 is 4.74 Å². The number of ether oxygens (including phenoxy) is 1. The molecule has 4 heteroatoms. The highest BCUT2D eigenvalue weighted by Crippen LogP contribution is 2.21. The fourth-order valence-corrected chi connectivity index (χ4v) is 2.11. The van der Waals surface area contributed by atoms with Gasteiger partial charge in [-0.3, -0.25) is 4.21 Å². The molecule has 1 aromatic carbocycles. The Morgan fingerprint density at radius 3 is 2.65 bits per heavy atom. The fraction of sp³-hybridized carbons (Fsp3) is 0.385. The van der Waals surface area contributed by atoms with E-state index in [2.05, 4.69) is 6.58 Å². The monoisotopic (exact) mass is 254 g/mol. The number of hydrogen-bond acceptors (Lipinski definition) is 3. The predicted octanol–water partition coefficient (Wildman–Crippen LogP) is 2.40. The summed E-state index contributed by atoms with van der Waals surface area (Å²) in [6.07, 6.45) is 0.806. The van der Waals surface area contributed by atoms with Crippen molar-refractivity contribution in [3.63, 3.8) is 0 Å². The van der Waals surface area contributed by atoms with E-state index in [9.17, 15) is 9.32 Å². The van der Waals surface area contributed by atoms with Gasteiger partial charge in [0, 0.05) is 16.6 Å². The van der Waals surface area contributed by atoms with E-state index in [1.807, 2.05) is 24.3 Å². The Kier molecular flexibility index (Phi) is 5.94. The van der Waals surface area contributed by atoms with Crippen LogP contribution in [-0.2, 0) is 10.8 Å². The molecule has 0 aliphatic heterocycles. The Hall–Kier alpha value is -1.13. The summed E-state index contributed by atoms with van der Waals surface area (Å²) >= 11 is 0. The first kappa shape index (κ1) is 13.9. The zero-order valence-corrected chi connectivity index (χ0v) is 10.8. The fourth-order valence-electron chi connectivity index (χ4n) is 1.50. The van der Waals surface area contributed by atoms with E-state index in [0.717, 1.165) is 11.3 Å². The van der Waals surface area contributed by atoms with Gasteiger partial charge in [0.15, 0.2) is 0 Å². The second-order valence-corrected chi connectivity index (χ2v) is 5.19. The second-order valence-electron chi connectivity index (χ2n) is 3.68. The van der Waals surface area contributed by atoms with Crippen LogP contribution >= 0.6 is 0 Å². The summed E-state index contributed by atoms with van der Waals surface area (Å²) in [4.78, 5) is 0. The van der Waals surface area contributed by atoms with Crippen LogP contribution in [0, 0.1) is 0 Å². The van der Waals surface area contributed by atoms with Gasteiger partial charge in [0.1, 0.15) is 5.75 Å². The first-order valence-electron chi connectivity index (χ1n) is 5.49. The van der Waals surface area contributed by atoms with Crippen molar-refractivity contribution in [1.82, 2.24) is 0 Å². The maximum atomic E-state index is 11.1. The molecule has 0 spiro atoms. The van der Waals surface area contributed by atoms with E-state index in [1.54, 1.807) is 7.11 Å². The van der Waals surface area contributed by atoms with Crippen molar-refractivity contribution >= 4 is 10.8 Å². The minimum absolute atomic E-state index is 0.511. The molecule has 0 aromatic heterocycles.